The SMILES string of the molecule is CCOC(=O)c1cc2c3c(ccc2s1)NC(c1ccco1)C1CCCOC31. The van der Waals surface area contributed by atoms with Crippen LogP contribution < -0.4 is 5.32 Å². The molecule has 0 saturated carbocycles. The van der Waals surface area contributed by atoms with E-state index in [1.807, 2.05) is 25.1 Å². The van der Waals surface area contributed by atoms with Gasteiger partial charge in [-0.1, -0.05) is 0 Å². The molecule has 2 aromatic heterocycles. The Bertz CT molecular complexity index is 978. The van der Waals surface area contributed by atoms with Crippen LogP contribution in [0.2, 0.25) is 0 Å². The molecule has 140 valence electrons. The first-order valence-corrected chi connectivity index (χ1v) is 10.2. The molecule has 0 radical (unpaired) electrons. The average Bonchev–Trinajstić information content (AvgIpc) is 3.37. The molecule has 0 amide bonds. The van der Waals surface area contributed by atoms with Gasteiger partial charge in [0.1, 0.15) is 10.6 Å². The molecular formula is C21H21NO4S. The standard InChI is InChI=1S/C21H21NO4S/c1-2-24-21(23)17-11-13-16(27-17)8-7-14-18(13)20-12(5-3-10-26-20)19(22-14)15-6-4-9-25-15/h4,6-9,11-12,19-20,22H,2-3,5,10H2,1H3. The van der Waals surface area contributed by atoms with Gasteiger partial charge >= 0.3 is 5.97 Å². The third kappa shape index (κ3) is 2.75. The van der Waals surface area contributed by atoms with Crippen molar-refractivity contribution in [2.45, 2.75) is 31.9 Å². The fourth-order valence-electron chi connectivity index (χ4n) is 4.34. The maximum atomic E-state index is 12.2. The van der Waals surface area contributed by atoms with Crippen LogP contribution in [0.5, 0.6) is 0 Å². The summed E-state index contributed by atoms with van der Waals surface area (Å²) in [5, 5.41) is 4.76. The van der Waals surface area contributed by atoms with Crippen molar-refractivity contribution in [1.82, 2.24) is 0 Å². The van der Waals surface area contributed by atoms with E-state index < -0.39 is 0 Å². The van der Waals surface area contributed by atoms with Crippen molar-refractivity contribution in [3.05, 3.63) is 52.8 Å². The van der Waals surface area contributed by atoms with Crippen LogP contribution in [0.1, 0.15) is 52.9 Å². The van der Waals surface area contributed by atoms with Gasteiger partial charge in [0, 0.05) is 33.9 Å². The molecule has 5 rings (SSSR count). The van der Waals surface area contributed by atoms with Gasteiger partial charge in [-0.2, -0.15) is 0 Å². The number of nitrogens with one attached hydrogen (secondary N) is 1. The van der Waals surface area contributed by atoms with Crippen LogP contribution in [0.4, 0.5) is 5.69 Å². The van der Waals surface area contributed by atoms with Gasteiger partial charge in [0.15, 0.2) is 0 Å². The highest BCUT2D eigenvalue weighted by atomic mass is 32.1. The normalized spacial score (nSPS) is 24.1. The minimum atomic E-state index is -0.259. The minimum absolute atomic E-state index is 0.00144. The Kier molecular flexibility index (Phi) is 4.17. The number of esters is 1. The number of carbonyl (C=O) groups excluding carboxylic acids is 1. The van der Waals surface area contributed by atoms with Gasteiger partial charge < -0.3 is 19.2 Å². The van der Waals surface area contributed by atoms with Crippen LogP contribution in [0.25, 0.3) is 10.1 Å². The van der Waals surface area contributed by atoms with E-state index in [2.05, 4.69) is 17.4 Å². The van der Waals surface area contributed by atoms with Crippen molar-refractivity contribution in [3.8, 4) is 0 Å². The highest BCUT2D eigenvalue weighted by Crippen LogP contribution is 2.52. The van der Waals surface area contributed by atoms with E-state index >= 15 is 0 Å². The predicted molar refractivity (Wildman–Crippen MR) is 104 cm³/mol. The van der Waals surface area contributed by atoms with Gasteiger partial charge in [0.25, 0.3) is 0 Å². The van der Waals surface area contributed by atoms with Gasteiger partial charge in [-0.25, -0.2) is 4.79 Å². The molecule has 0 aliphatic carbocycles. The van der Waals surface area contributed by atoms with Gasteiger partial charge in [0.2, 0.25) is 0 Å². The van der Waals surface area contributed by atoms with Crippen molar-refractivity contribution in [2.24, 2.45) is 5.92 Å². The molecule has 1 aromatic carbocycles. The molecule has 5 nitrogen and oxygen atoms in total. The van der Waals surface area contributed by atoms with Crippen LogP contribution in [0.3, 0.4) is 0 Å². The zero-order chi connectivity index (χ0) is 18.4. The molecule has 0 spiro atoms. The van der Waals surface area contributed by atoms with Crippen molar-refractivity contribution in [1.29, 1.82) is 0 Å². The third-order valence-electron chi connectivity index (χ3n) is 5.46. The lowest BCUT2D eigenvalue weighted by Crippen LogP contribution is -2.35. The number of rotatable bonds is 3. The van der Waals surface area contributed by atoms with Crippen LogP contribution in [-0.4, -0.2) is 19.2 Å². The number of fused-ring (bicyclic) bond motifs is 5. The average molecular weight is 383 g/mol. The smallest absolute Gasteiger partial charge is 0.348 e. The summed E-state index contributed by atoms with van der Waals surface area (Å²) >= 11 is 1.48. The van der Waals surface area contributed by atoms with E-state index in [4.69, 9.17) is 13.9 Å². The number of furan rings is 1. The third-order valence-corrected chi connectivity index (χ3v) is 6.54. The first kappa shape index (κ1) is 16.8. The maximum Gasteiger partial charge on any atom is 0.348 e. The Labute approximate surface area is 161 Å². The number of hydrogen-bond acceptors (Lipinski definition) is 6. The second-order valence-electron chi connectivity index (χ2n) is 7.00. The zero-order valence-corrected chi connectivity index (χ0v) is 15.9. The predicted octanol–water partition coefficient (Wildman–Crippen LogP) is 5.31. The summed E-state index contributed by atoms with van der Waals surface area (Å²) < 4.78 is 18.3. The quantitative estimate of drug-likeness (QED) is 0.622. The highest BCUT2D eigenvalue weighted by Gasteiger charge is 2.42. The lowest BCUT2D eigenvalue weighted by atomic mass is 9.78. The van der Waals surface area contributed by atoms with Crippen LogP contribution >= 0.6 is 11.3 Å². The summed E-state index contributed by atoms with van der Waals surface area (Å²) in [6, 6.07) is 10.2. The molecule has 0 bridgehead atoms. The maximum absolute atomic E-state index is 12.2. The number of hydrogen-bond donors (Lipinski definition) is 1. The van der Waals surface area contributed by atoms with Crippen LogP contribution in [-0.2, 0) is 9.47 Å². The summed E-state index contributed by atoms with van der Waals surface area (Å²) in [5.41, 5.74) is 2.21. The second-order valence-corrected chi connectivity index (χ2v) is 8.09. The largest absolute Gasteiger partial charge is 0.467 e. The van der Waals surface area contributed by atoms with E-state index in [0.29, 0.717) is 17.4 Å². The summed E-state index contributed by atoms with van der Waals surface area (Å²) in [7, 11) is 0. The molecule has 1 N–H and O–H groups in total. The van der Waals surface area contributed by atoms with E-state index in [9.17, 15) is 4.79 Å². The number of anilines is 1. The first-order valence-electron chi connectivity index (χ1n) is 9.41. The van der Waals surface area contributed by atoms with Crippen LogP contribution in [0, 0.1) is 5.92 Å². The number of ether oxygens (including phenoxy) is 2. The second kappa shape index (κ2) is 6.69. The summed E-state index contributed by atoms with van der Waals surface area (Å²) in [5.74, 6) is 0.985. The molecule has 3 aromatic rings. The zero-order valence-electron chi connectivity index (χ0n) is 15.1. The lowest BCUT2D eigenvalue weighted by molar-refractivity contribution is -0.0392. The Hall–Kier alpha value is -2.31. The van der Waals surface area contributed by atoms with E-state index in [1.54, 1.807) is 6.26 Å². The first-order chi connectivity index (χ1) is 13.3. The fourth-order valence-corrected chi connectivity index (χ4v) is 5.31. The number of benzene rings is 1. The molecule has 27 heavy (non-hydrogen) atoms. The van der Waals surface area contributed by atoms with E-state index in [0.717, 1.165) is 46.5 Å². The molecule has 3 unspecified atom stereocenters. The number of thiophene rings is 1. The monoisotopic (exact) mass is 383 g/mol. The Morgan fingerprint density at radius 3 is 3.11 bits per heavy atom. The van der Waals surface area contributed by atoms with Crippen molar-refractivity contribution >= 4 is 33.1 Å². The summed E-state index contributed by atoms with van der Waals surface area (Å²) in [6.45, 7) is 2.97. The van der Waals surface area contributed by atoms with Crippen molar-refractivity contribution < 1.29 is 18.7 Å². The number of carbonyl (C=O) groups is 1. The topological polar surface area (TPSA) is 60.7 Å². The molecule has 6 heteroatoms. The van der Waals surface area contributed by atoms with Gasteiger partial charge in [-0.15, -0.1) is 11.3 Å². The highest BCUT2D eigenvalue weighted by molar-refractivity contribution is 7.20. The van der Waals surface area contributed by atoms with Crippen LogP contribution in [0.15, 0.2) is 41.0 Å². The Morgan fingerprint density at radius 2 is 2.30 bits per heavy atom. The van der Waals surface area contributed by atoms with Gasteiger partial charge in [-0.3, -0.25) is 0 Å². The summed E-state index contributed by atoms with van der Waals surface area (Å²) in [4.78, 5) is 12.8. The molecule has 1 saturated heterocycles. The fraction of sp³-hybridized carbons (Fsp3) is 0.381. The molecule has 2 aliphatic heterocycles. The molecule has 3 atom stereocenters. The van der Waals surface area contributed by atoms with Crippen molar-refractivity contribution in [3.63, 3.8) is 0 Å². The Morgan fingerprint density at radius 1 is 1.37 bits per heavy atom. The molecule has 1 fully saturated rings. The Balaban J connectivity index is 1.63. The van der Waals surface area contributed by atoms with Crippen molar-refractivity contribution in [2.75, 3.05) is 18.5 Å². The van der Waals surface area contributed by atoms with E-state index in [1.165, 1.54) is 11.3 Å². The summed E-state index contributed by atoms with van der Waals surface area (Å²) in [6.07, 6.45) is 3.84. The molecule has 4 heterocycles. The van der Waals surface area contributed by atoms with E-state index in [-0.39, 0.29) is 18.1 Å². The van der Waals surface area contributed by atoms with Gasteiger partial charge in [0.05, 0.1) is 25.0 Å². The molecule has 2 aliphatic rings. The lowest BCUT2D eigenvalue weighted by Gasteiger charge is -2.42. The van der Waals surface area contributed by atoms with Gasteiger partial charge in [-0.05, 0) is 50.1 Å². The molecular weight excluding hydrogens is 362 g/mol. The minimum Gasteiger partial charge on any atom is -0.467 e.